The number of nitrogens with one attached hydrogen (secondary N) is 2. The molecule has 0 bridgehead atoms. The molecule has 0 radical (unpaired) electrons. The predicted molar refractivity (Wildman–Crippen MR) is 79.8 cm³/mol. The Balaban J connectivity index is 1.80. The van der Waals surface area contributed by atoms with Crippen LogP contribution in [-0.2, 0) is 0 Å². The summed E-state index contributed by atoms with van der Waals surface area (Å²) in [5.41, 5.74) is 0.564. The summed E-state index contributed by atoms with van der Waals surface area (Å²) < 4.78 is 5.14. The zero-order valence-electron chi connectivity index (χ0n) is 11.8. The summed E-state index contributed by atoms with van der Waals surface area (Å²) in [4.78, 5) is 27.3. The van der Waals surface area contributed by atoms with Gasteiger partial charge in [0.25, 0.3) is 0 Å². The molecule has 2 amide bonds. The quantitative estimate of drug-likeness (QED) is 0.857. The highest BCUT2D eigenvalue weighted by Crippen LogP contribution is 2.28. The van der Waals surface area contributed by atoms with Gasteiger partial charge in [0.2, 0.25) is 5.88 Å². The van der Waals surface area contributed by atoms with Gasteiger partial charge in [0.1, 0.15) is 6.33 Å². The molecule has 112 valence electrons. The van der Waals surface area contributed by atoms with Gasteiger partial charge in [-0.3, -0.25) is 5.32 Å². The third-order valence-electron chi connectivity index (χ3n) is 3.33. The summed E-state index contributed by atoms with van der Waals surface area (Å²) in [5, 5.41) is 6.58. The van der Waals surface area contributed by atoms with E-state index in [1.165, 1.54) is 24.8 Å². The SMILES string of the molecule is COc1ncnc2sc(NC(=O)N3CCNCC3C)nc12. The minimum atomic E-state index is -0.144. The normalized spacial score (nSPS) is 18.8. The summed E-state index contributed by atoms with van der Waals surface area (Å²) in [5.74, 6) is 0.410. The zero-order chi connectivity index (χ0) is 14.8. The predicted octanol–water partition coefficient (Wildman–Crippen LogP) is 0.920. The van der Waals surface area contributed by atoms with Crippen molar-refractivity contribution in [1.29, 1.82) is 0 Å². The van der Waals surface area contributed by atoms with E-state index in [0.717, 1.165) is 13.1 Å². The summed E-state index contributed by atoms with van der Waals surface area (Å²) >= 11 is 1.30. The lowest BCUT2D eigenvalue weighted by Crippen LogP contribution is -2.53. The fourth-order valence-electron chi connectivity index (χ4n) is 2.24. The summed E-state index contributed by atoms with van der Waals surface area (Å²) in [7, 11) is 1.53. The number of anilines is 1. The van der Waals surface area contributed by atoms with Crippen molar-refractivity contribution in [2.45, 2.75) is 13.0 Å². The molecule has 1 atom stereocenters. The summed E-state index contributed by atoms with van der Waals surface area (Å²) in [6.07, 6.45) is 1.42. The van der Waals surface area contributed by atoms with Gasteiger partial charge in [0.05, 0.1) is 7.11 Å². The first-order valence-electron chi connectivity index (χ1n) is 6.63. The van der Waals surface area contributed by atoms with Crippen LogP contribution in [0.3, 0.4) is 0 Å². The molecule has 21 heavy (non-hydrogen) atoms. The van der Waals surface area contributed by atoms with Gasteiger partial charge in [0.15, 0.2) is 15.5 Å². The Kier molecular flexibility index (Phi) is 3.84. The highest BCUT2D eigenvalue weighted by atomic mass is 32.1. The van der Waals surface area contributed by atoms with Crippen LogP contribution in [0.4, 0.5) is 9.93 Å². The molecule has 2 aromatic heterocycles. The third kappa shape index (κ3) is 2.74. The van der Waals surface area contributed by atoms with Gasteiger partial charge in [-0.05, 0) is 6.92 Å². The molecule has 8 nitrogen and oxygen atoms in total. The number of fused-ring (bicyclic) bond motifs is 1. The molecule has 2 aromatic rings. The van der Waals surface area contributed by atoms with Crippen LogP contribution in [0.2, 0.25) is 0 Å². The highest BCUT2D eigenvalue weighted by Gasteiger charge is 2.24. The number of thiazole rings is 1. The van der Waals surface area contributed by atoms with Crippen LogP contribution in [0, 0.1) is 0 Å². The molecule has 0 spiro atoms. The molecule has 0 aromatic carbocycles. The van der Waals surface area contributed by atoms with Crippen molar-refractivity contribution in [3.05, 3.63) is 6.33 Å². The standard InChI is InChI=1S/C12H16N6O2S/c1-7-5-13-3-4-18(7)12(19)17-11-16-8-9(20-2)14-6-15-10(8)21-11/h6-7,13H,3-5H2,1-2H3,(H,16,17,19). The van der Waals surface area contributed by atoms with Gasteiger partial charge in [-0.2, -0.15) is 4.98 Å². The van der Waals surface area contributed by atoms with E-state index in [0.29, 0.717) is 27.9 Å². The average Bonchev–Trinajstić information content (AvgIpc) is 2.89. The van der Waals surface area contributed by atoms with Crippen molar-refractivity contribution in [3.63, 3.8) is 0 Å². The first kappa shape index (κ1) is 14.0. The Labute approximate surface area is 125 Å². The van der Waals surface area contributed by atoms with Gasteiger partial charge < -0.3 is 15.0 Å². The molecule has 0 aliphatic carbocycles. The molecule has 1 fully saturated rings. The molecule has 1 saturated heterocycles. The van der Waals surface area contributed by atoms with E-state index in [4.69, 9.17) is 4.74 Å². The van der Waals surface area contributed by atoms with Gasteiger partial charge in [-0.15, -0.1) is 0 Å². The van der Waals surface area contributed by atoms with E-state index in [1.54, 1.807) is 4.90 Å². The number of piperazine rings is 1. The topological polar surface area (TPSA) is 92.3 Å². The Bertz CT molecular complexity index is 660. The third-order valence-corrected chi connectivity index (χ3v) is 4.21. The number of ether oxygens (including phenoxy) is 1. The first-order valence-corrected chi connectivity index (χ1v) is 7.44. The number of nitrogens with zero attached hydrogens (tertiary/aromatic N) is 4. The van der Waals surface area contributed by atoms with E-state index >= 15 is 0 Å². The molecule has 1 unspecified atom stereocenters. The van der Waals surface area contributed by atoms with E-state index in [2.05, 4.69) is 25.6 Å². The molecule has 1 aliphatic rings. The lowest BCUT2D eigenvalue weighted by atomic mass is 10.2. The number of urea groups is 1. The van der Waals surface area contributed by atoms with Gasteiger partial charge >= 0.3 is 6.03 Å². The van der Waals surface area contributed by atoms with Crippen molar-refractivity contribution in [2.24, 2.45) is 0 Å². The van der Waals surface area contributed by atoms with Crippen molar-refractivity contribution >= 4 is 32.8 Å². The molecule has 9 heteroatoms. The zero-order valence-corrected chi connectivity index (χ0v) is 12.6. The molecule has 1 aliphatic heterocycles. The summed E-state index contributed by atoms with van der Waals surface area (Å²) in [6, 6.07) is 0.0115. The Morgan fingerprint density at radius 1 is 1.57 bits per heavy atom. The second-order valence-corrected chi connectivity index (χ2v) is 5.71. The van der Waals surface area contributed by atoms with Crippen LogP contribution in [0.1, 0.15) is 6.92 Å². The second-order valence-electron chi connectivity index (χ2n) is 4.73. The fraction of sp³-hybridized carbons (Fsp3) is 0.500. The van der Waals surface area contributed by atoms with Crippen molar-refractivity contribution in [3.8, 4) is 5.88 Å². The number of rotatable bonds is 2. The van der Waals surface area contributed by atoms with Gasteiger partial charge in [0, 0.05) is 25.7 Å². The monoisotopic (exact) mass is 308 g/mol. The molecule has 3 heterocycles. The minimum absolute atomic E-state index is 0.144. The highest BCUT2D eigenvalue weighted by molar-refractivity contribution is 7.22. The Morgan fingerprint density at radius 3 is 3.19 bits per heavy atom. The Morgan fingerprint density at radius 2 is 2.43 bits per heavy atom. The largest absolute Gasteiger partial charge is 0.479 e. The molecular weight excluding hydrogens is 292 g/mol. The van der Waals surface area contributed by atoms with Crippen molar-refractivity contribution in [2.75, 3.05) is 32.1 Å². The van der Waals surface area contributed by atoms with Crippen molar-refractivity contribution < 1.29 is 9.53 Å². The number of carbonyl (C=O) groups is 1. The van der Waals surface area contributed by atoms with Gasteiger partial charge in [-0.25, -0.2) is 14.8 Å². The fourth-order valence-corrected chi connectivity index (χ4v) is 3.03. The number of methoxy groups -OCH3 is 1. The first-order chi connectivity index (χ1) is 10.2. The number of carbonyl (C=O) groups excluding carboxylic acids is 1. The van der Waals surface area contributed by atoms with Crippen LogP contribution in [0.25, 0.3) is 10.3 Å². The van der Waals surface area contributed by atoms with Crippen molar-refractivity contribution in [1.82, 2.24) is 25.2 Å². The second kappa shape index (κ2) is 5.78. The van der Waals surface area contributed by atoms with E-state index in [9.17, 15) is 4.79 Å². The molecule has 3 rings (SSSR count). The molecule has 2 N–H and O–H groups in total. The van der Waals surface area contributed by atoms with E-state index in [-0.39, 0.29) is 12.1 Å². The number of amides is 2. The lowest BCUT2D eigenvalue weighted by molar-refractivity contribution is 0.177. The van der Waals surface area contributed by atoms with Crippen LogP contribution >= 0.6 is 11.3 Å². The maximum atomic E-state index is 12.3. The summed E-state index contributed by atoms with van der Waals surface area (Å²) in [6.45, 7) is 4.29. The average molecular weight is 308 g/mol. The minimum Gasteiger partial charge on any atom is -0.479 e. The van der Waals surface area contributed by atoms with Crippen LogP contribution < -0.4 is 15.4 Å². The van der Waals surface area contributed by atoms with E-state index < -0.39 is 0 Å². The number of hydrogen-bond acceptors (Lipinski definition) is 7. The van der Waals surface area contributed by atoms with Crippen LogP contribution in [-0.4, -0.2) is 58.7 Å². The molecule has 0 saturated carbocycles. The Hall–Kier alpha value is -2.00. The van der Waals surface area contributed by atoms with Crippen LogP contribution in [0.5, 0.6) is 5.88 Å². The smallest absolute Gasteiger partial charge is 0.323 e. The molecular formula is C12H16N6O2S. The number of aromatic nitrogens is 3. The van der Waals surface area contributed by atoms with Gasteiger partial charge in [-0.1, -0.05) is 11.3 Å². The maximum absolute atomic E-state index is 12.3. The van der Waals surface area contributed by atoms with Crippen LogP contribution in [0.15, 0.2) is 6.33 Å². The lowest BCUT2D eigenvalue weighted by Gasteiger charge is -2.33. The maximum Gasteiger partial charge on any atom is 0.323 e. The number of hydrogen-bond donors (Lipinski definition) is 2. The van der Waals surface area contributed by atoms with E-state index in [1.807, 2.05) is 6.92 Å².